The van der Waals surface area contributed by atoms with Gasteiger partial charge in [-0.05, 0) is 38.5 Å². The Balaban J connectivity index is 2.45. The highest BCUT2D eigenvalue weighted by Gasteiger charge is 2.16. The van der Waals surface area contributed by atoms with Crippen LogP contribution in [0.25, 0.3) is 6.08 Å². The molecule has 1 N–H and O–H groups in total. The van der Waals surface area contributed by atoms with E-state index in [2.05, 4.69) is 21.2 Å². The molecule has 0 saturated heterocycles. The topological polar surface area (TPSA) is 55.4 Å². The van der Waals surface area contributed by atoms with Crippen LogP contribution in [0.15, 0.2) is 34.8 Å². The number of esters is 1. The molecule has 5 heteroatoms. The number of carbonyl (C=O) groups is 2. The Morgan fingerprint density at radius 1 is 1.30 bits per heavy atom. The number of hydrogen-bond acceptors (Lipinski definition) is 3. The van der Waals surface area contributed by atoms with E-state index in [4.69, 9.17) is 4.74 Å². The molecule has 1 rings (SSSR count). The van der Waals surface area contributed by atoms with Crippen molar-refractivity contribution in [2.75, 3.05) is 6.54 Å². The molecule has 0 saturated carbocycles. The third-order valence-electron chi connectivity index (χ3n) is 2.15. The summed E-state index contributed by atoms with van der Waals surface area (Å²) in [4.78, 5) is 23.0. The lowest BCUT2D eigenvalue weighted by molar-refractivity contribution is -0.154. The lowest BCUT2D eigenvalue weighted by Gasteiger charge is -2.19. The molecule has 0 aliphatic heterocycles. The zero-order valence-electron chi connectivity index (χ0n) is 11.8. The quantitative estimate of drug-likeness (QED) is 0.677. The Morgan fingerprint density at radius 2 is 1.95 bits per heavy atom. The summed E-state index contributed by atoms with van der Waals surface area (Å²) in [6, 6.07) is 7.53. The predicted octanol–water partition coefficient (Wildman–Crippen LogP) is 2.92. The van der Waals surface area contributed by atoms with Gasteiger partial charge in [0.1, 0.15) is 12.1 Å². The van der Waals surface area contributed by atoms with Gasteiger partial charge in [-0.25, -0.2) is 0 Å². The molecule has 1 aromatic carbocycles. The van der Waals surface area contributed by atoms with Gasteiger partial charge >= 0.3 is 5.97 Å². The first-order valence-corrected chi connectivity index (χ1v) is 6.99. The van der Waals surface area contributed by atoms with Crippen LogP contribution in [0.2, 0.25) is 0 Å². The average Bonchev–Trinajstić information content (AvgIpc) is 2.33. The van der Waals surface area contributed by atoms with E-state index >= 15 is 0 Å². The molecule has 0 heterocycles. The fourth-order valence-corrected chi connectivity index (χ4v) is 1.79. The van der Waals surface area contributed by atoms with Gasteiger partial charge in [0.05, 0.1) is 0 Å². The van der Waals surface area contributed by atoms with Crippen LogP contribution in [-0.2, 0) is 14.3 Å². The molecule has 0 aliphatic rings. The van der Waals surface area contributed by atoms with Crippen molar-refractivity contribution in [2.24, 2.45) is 0 Å². The van der Waals surface area contributed by atoms with Gasteiger partial charge in [0, 0.05) is 10.5 Å². The van der Waals surface area contributed by atoms with Crippen molar-refractivity contribution in [1.29, 1.82) is 0 Å². The highest BCUT2D eigenvalue weighted by atomic mass is 79.9. The van der Waals surface area contributed by atoms with Gasteiger partial charge in [-0.2, -0.15) is 0 Å². The van der Waals surface area contributed by atoms with Gasteiger partial charge in [-0.15, -0.1) is 0 Å². The Bertz CT molecular complexity index is 518. The van der Waals surface area contributed by atoms with E-state index in [9.17, 15) is 9.59 Å². The Hall–Kier alpha value is -1.62. The molecule has 0 aliphatic carbocycles. The zero-order chi connectivity index (χ0) is 15.2. The Morgan fingerprint density at radius 3 is 2.55 bits per heavy atom. The number of benzene rings is 1. The smallest absolute Gasteiger partial charge is 0.325 e. The molecular formula is C15H18BrNO3. The maximum absolute atomic E-state index is 11.6. The second-order valence-corrected chi connectivity index (χ2v) is 6.01. The van der Waals surface area contributed by atoms with Gasteiger partial charge in [-0.1, -0.05) is 34.1 Å². The molecule has 0 radical (unpaired) electrons. The number of nitrogens with one attached hydrogen (secondary N) is 1. The SMILES string of the molecule is CC(C)(C)OC(=O)CNC(=O)C=Cc1ccccc1Br. The van der Waals surface area contributed by atoms with Crippen molar-refractivity contribution < 1.29 is 14.3 Å². The summed E-state index contributed by atoms with van der Waals surface area (Å²) in [5.41, 5.74) is 0.340. The van der Waals surface area contributed by atoms with E-state index in [-0.39, 0.29) is 12.5 Å². The average molecular weight is 340 g/mol. The number of hydrogen-bond donors (Lipinski definition) is 1. The highest BCUT2D eigenvalue weighted by Crippen LogP contribution is 2.16. The fraction of sp³-hybridized carbons (Fsp3) is 0.333. The maximum Gasteiger partial charge on any atom is 0.325 e. The van der Waals surface area contributed by atoms with Crippen molar-refractivity contribution in [2.45, 2.75) is 26.4 Å². The molecule has 1 aromatic rings. The van der Waals surface area contributed by atoms with Crippen LogP contribution in [0.4, 0.5) is 0 Å². The third kappa shape index (κ3) is 6.52. The lowest BCUT2D eigenvalue weighted by atomic mass is 10.2. The minimum Gasteiger partial charge on any atom is -0.459 e. The van der Waals surface area contributed by atoms with E-state index in [0.29, 0.717) is 0 Å². The van der Waals surface area contributed by atoms with Crippen LogP contribution < -0.4 is 5.32 Å². The first kappa shape index (κ1) is 16.4. The van der Waals surface area contributed by atoms with Gasteiger partial charge in [0.2, 0.25) is 5.91 Å². The van der Waals surface area contributed by atoms with Crippen molar-refractivity contribution in [1.82, 2.24) is 5.32 Å². The van der Waals surface area contributed by atoms with Gasteiger partial charge < -0.3 is 10.1 Å². The summed E-state index contributed by atoms with van der Waals surface area (Å²) in [7, 11) is 0. The molecule has 0 atom stereocenters. The van der Waals surface area contributed by atoms with Crippen LogP contribution in [0.3, 0.4) is 0 Å². The predicted molar refractivity (Wildman–Crippen MR) is 82.0 cm³/mol. The summed E-state index contributed by atoms with van der Waals surface area (Å²) >= 11 is 3.38. The van der Waals surface area contributed by atoms with Gasteiger partial charge in [0.25, 0.3) is 0 Å². The van der Waals surface area contributed by atoms with Crippen molar-refractivity contribution in [3.63, 3.8) is 0 Å². The number of rotatable bonds is 4. The summed E-state index contributed by atoms with van der Waals surface area (Å²) in [5, 5.41) is 2.48. The third-order valence-corrected chi connectivity index (χ3v) is 2.87. The van der Waals surface area contributed by atoms with Gasteiger partial charge in [0.15, 0.2) is 0 Å². The second kappa shape index (κ2) is 7.24. The molecule has 0 aromatic heterocycles. The molecule has 4 nitrogen and oxygen atoms in total. The zero-order valence-corrected chi connectivity index (χ0v) is 13.4. The Labute approximate surface area is 127 Å². The van der Waals surface area contributed by atoms with Crippen molar-refractivity contribution >= 4 is 33.9 Å². The first-order valence-electron chi connectivity index (χ1n) is 6.20. The normalized spacial score (nSPS) is 11.4. The maximum atomic E-state index is 11.6. The number of ether oxygens (including phenoxy) is 1. The highest BCUT2D eigenvalue weighted by molar-refractivity contribution is 9.10. The molecule has 20 heavy (non-hydrogen) atoms. The van der Waals surface area contributed by atoms with Crippen LogP contribution in [0.1, 0.15) is 26.3 Å². The van der Waals surface area contributed by atoms with E-state index in [1.165, 1.54) is 6.08 Å². The number of halogens is 1. The molecule has 1 amide bonds. The summed E-state index contributed by atoms with van der Waals surface area (Å²) in [6.45, 7) is 5.19. The number of amides is 1. The molecule has 0 bridgehead atoms. The number of carbonyl (C=O) groups excluding carboxylic acids is 2. The molecule has 0 fully saturated rings. The van der Waals surface area contributed by atoms with Crippen LogP contribution >= 0.6 is 15.9 Å². The van der Waals surface area contributed by atoms with E-state index in [0.717, 1.165) is 10.0 Å². The van der Waals surface area contributed by atoms with Crippen molar-refractivity contribution in [3.8, 4) is 0 Å². The summed E-state index contributed by atoms with van der Waals surface area (Å²) in [6.07, 6.45) is 3.05. The first-order chi connectivity index (χ1) is 9.28. The summed E-state index contributed by atoms with van der Waals surface area (Å²) in [5.74, 6) is -0.799. The minimum atomic E-state index is -0.549. The molecule has 108 valence electrons. The van der Waals surface area contributed by atoms with Crippen molar-refractivity contribution in [3.05, 3.63) is 40.4 Å². The van der Waals surface area contributed by atoms with E-state index < -0.39 is 11.6 Å². The van der Waals surface area contributed by atoms with Crippen LogP contribution in [-0.4, -0.2) is 24.0 Å². The summed E-state index contributed by atoms with van der Waals surface area (Å²) < 4.78 is 5.98. The van der Waals surface area contributed by atoms with E-state index in [1.54, 1.807) is 26.8 Å². The Kier molecular flexibility index (Phi) is 5.95. The molecule has 0 unspecified atom stereocenters. The molecular weight excluding hydrogens is 322 g/mol. The second-order valence-electron chi connectivity index (χ2n) is 5.16. The van der Waals surface area contributed by atoms with Crippen LogP contribution in [0.5, 0.6) is 0 Å². The molecule has 0 spiro atoms. The monoisotopic (exact) mass is 339 g/mol. The standard InChI is InChI=1S/C15H18BrNO3/c1-15(2,3)20-14(19)10-17-13(18)9-8-11-6-4-5-7-12(11)16/h4-9H,10H2,1-3H3,(H,17,18). The minimum absolute atomic E-state index is 0.142. The lowest BCUT2D eigenvalue weighted by Crippen LogP contribution is -2.33. The van der Waals surface area contributed by atoms with E-state index in [1.807, 2.05) is 24.3 Å². The van der Waals surface area contributed by atoms with Crippen LogP contribution in [0, 0.1) is 0 Å². The van der Waals surface area contributed by atoms with Gasteiger partial charge in [-0.3, -0.25) is 9.59 Å². The fourth-order valence-electron chi connectivity index (χ4n) is 1.37. The largest absolute Gasteiger partial charge is 0.459 e.